The van der Waals surface area contributed by atoms with Crippen molar-refractivity contribution in [1.29, 1.82) is 0 Å². The number of carbonyl (C=O) groups excluding carboxylic acids is 9. The van der Waals surface area contributed by atoms with Crippen LogP contribution in [0.3, 0.4) is 0 Å². The highest BCUT2D eigenvalue weighted by atomic mass is 16.6. The van der Waals surface area contributed by atoms with Gasteiger partial charge in [-0.1, -0.05) is 59.3 Å². The van der Waals surface area contributed by atoms with E-state index < -0.39 is 193 Å². The maximum atomic E-state index is 15.3. The Morgan fingerprint density at radius 2 is 0.382 bits per heavy atom. The van der Waals surface area contributed by atoms with Crippen LogP contribution < -0.4 is 0 Å². The average molecular weight is 1740 g/mol. The molecule has 1 aromatic rings. The molecule has 6 saturated heterocycles. The number of piperidine rings is 6. The highest BCUT2D eigenvalue weighted by Crippen LogP contribution is 2.49. The minimum Gasteiger partial charge on any atom is -0.462 e. The summed E-state index contributed by atoms with van der Waals surface area (Å²) in [7, 11) is 0. The Bertz CT molecular complexity index is 3200. The van der Waals surface area contributed by atoms with Gasteiger partial charge in [-0.05, 0) is 242 Å². The normalized spacial score (nSPS) is 23.4. The number of carbonyl (C=O) groups is 9. The van der Waals surface area contributed by atoms with Gasteiger partial charge in [-0.15, -0.1) is 61.6 Å². The van der Waals surface area contributed by atoms with Crippen molar-refractivity contribution < 1.29 is 117 Å². The van der Waals surface area contributed by atoms with Crippen molar-refractivity contribution >= 4 is 53.7 Å². The van der Waals surface area contributed by atoms with Gasteiger partial charge in [0.15, 0.2) is 16.2 Å². The van der Waals surface area contributed by atoms with Crippen LogP contribution in [0.2, 0.25) is 0 Å². The predicted molar refractivity (Wildman–Crippen MR) is 450 cm³/mol. The first-order valence-electron chi connectivity index (χ1n) is 45.1. The zero-order valence-electron chi connectivity index (χ0n) is 79.4. The van der Waals surface area contributed by atoms with Crippen molar-refractivity contribution in [1.82, 2.24) is 30.4 Å². The summed E-state index contributed by atoms with van der Waals surface area (Å²) >= 11 is 0. The molecule has 696 valence electrons. The van der Waals surface area contributed by atoms with Crippen molar-refractivity contribution in [2.45, 2.75) is 463 Å². The first kappa shape index (κ1) is 104. The fraction of sp³-hybridized carbons (Fsp3) is 0.839. The summed E-state index contributed by atoms with van der Waals surface area (Å²) in [6.45, 7) is 46.4. The second-order valence-electron chi connectivity index (χ2n) is 44.2. The number of unbranched alkanes of at least 4 members (excludes halogenated alkanes) is 3. The van der Waals surface area contributed by atoms with Crippen LogP contribution in [0.1, 0.15) is 391 Å². The van der Waals surface area contributed by atoms with Crippen molar-refractivity contribution in [2.75, 3.05) is 19.8 Å². The molecule has 0 bridgehead atoms. The molecule has 30 nitrogen and oxygen atoms in total. The Labute approximate surface area is 732 Å². The van der Waals surface area contributed by atoms with E-state index in [4.69, 9.17) is 42.6 Å². The van der Waals surface area contributed by atoms with Crippen LogP contribution in [0.25, 0.3) is 0 Å². The van der Waals surface area contributed by atoms with Gasteiger partial charge in [-0.2, -0.15) is 0 Å². The summed E-state index contributed by atoms with van der Waals surface area (Å²) in [5, 5.41) is 87.3. The SMILES string of the molecule is CCCCC(CCCOC(=O)c1cc(C(=O)OCCCC(CCCC)(C(=O)OC2CC(C)(C)N([O])C(C)(C)C2)C(=O)OC2CC(C)(C)N([O])C(C)(C)C2)cc(C(=O)OCCCC(CCCC)(C(=O)OC2CC(C)(C)N([O])C(C)(C)C2)C(=O)OC2CC(C)(C)N([O])C(C)(C)C2)c1)(C(=O)OC1CC(C)(C)N([O])C(C)(C)C1)C(=O)OC1CC(C)(C)N([O])C(C)(C)C1. The Kier molecular flexibility index (Phi) is 33.1. The number of hydrogen-bond donors (Lipinski definition) is 0. The molecule has 6 heterocycles. The van der Waals surface area contributed by atoms with E-state index >= 15 is 28.8 Å². The Hall–Kier alpha value is -6.03. The standard InChI is InChI=1S/C93H150N6O24/c1-28-31-37-91(73(103)118-64-49-79(4,5)94(109)80(6,7)50-64,74(104)119-65-51-81(8,9)95(110)82(10,11)52-65)40-34-43-115-70(100)61-46-62(71(101)116-44-35-41-92(38-32-29-2,75(105)120-66-53-83(12,13)96(111)84(14,15)54-66)76(106)121-67-55-85(16,17)97(112)86(18,19)56-67)48-63(47-61)72(102)117-45-36-42-93(39-33-30-3,77(107)122-68-57-87(20,21)98(113)88(22,23)58-68)78(108)123-69-59-89(24,25)99(114)90(26,27)60-69/h46-48,64-69H,28-45,49-60H2,1-27H3. The lowest BCUT2D eigenvalue weighted by atomic mass is 9.77. The fourth-order valence-corrected chi connectivity index (χ4v) is 21.2. The molecule has 0 aliphatic carbocycles. The van der Waals surface area contributed by atoms with Gasteiger partial charge < -0.3 is 42.6 Å². The molecule has 6 aliphatic rings. The van der Waals surface area contributed by atoms with Crippen LogP contribution in [-0.4, -0.2) is 207 Å². The molecule has 30 heteroatoms. The molecule has 123 heavy (non-hydrogen) atoms. The summed E-state index contributed by atoms with van der Waals surface area (Å²) < 4.78 is 56.1. The minimum absolute atomic E-state index is 0.0490. The molecule has 6 fully saturated rings. The van der Waals surface area contributed by atoms with Gasteiger partial charge in [0.2, 0.25) is 0 Å². The highest BCUT2D eigenvalue weighted by molar-refractivity contribution is 6.03. The smallest absolute Gasteiger partial charge is 0.338 e. The predicted octanol–water partition coefficient (Wildman–Crippen LogP) is 16.5. The van der Waals surface area contributed by atoms with Crippen molar-refractivity contribution in [2.24, 2.45) is 16.2 Å². The first-order chi connectivity index (χ1) is 56.3. The minimum atomic E-state index is -1.99. The van der Waals surface area contributed by atoms with E-state index in [9.17, 15) is 45.6 Å². The van der Waals surface area contributed by atoms with Crippen molar-refractivity contribution in [3.63, 3.8) is 0 Å². The number of hydrogen-bond acceptors (Lipinski definition) is 24. The molecule has 6 radical (unpaired) electrons. The van der Waals surface area contributed by atoms with Gasteiger partial charge in [-0.25, -0.2) is 14.4 Å². The third-order valence-electron chi connectivity index (χ3n) is 26.8. The molecule has 1 aromatic carbocycles. The van der Waals surface area contributed by atoms with Crippen LogP contribution in [0, 0.1) is 16.2 Å². The average Bonchev–Trinajstić information content (AvgIpc) is 0.764. The third kappa shape index (κ3) is 24.3. The monoisotopic (exact) mass is 1740 g/mol. The largest absolute Gasteiger partial charge is 0.462 e. The van der Waals surface area contributed by atoms with E-state index in [1.54, 1.807) is 166 Å². The van der Waals surface area contributed by atoms with E-state index in [0.29, 0.717) is 38.5 Å². The molecule has 0 spiro atoms. The lowest BCUT2D eigenvalue weighted by Crippen LogP contribution is -2.61. The number of nitrogens with zero attached hydrogens (tertiary/aromatic N) is 6. The molecule has 0 atom stereocenters. The van der Waals surface area contributed by atoms with Gasteiger partial charge in [0.1, 0.15) is 36.6 Å². The van der Waals surface area contributed by atoms with Crippen LogP contribution in [0.5, 0.6) is 0 Å². The summed E-state index contributed by atoms with van der Waals surface area (Å²) in [5.41, 5.74) is -18.7. The molecular weight excluding hydrogens is 1590 g/mol. The lowest BCUT2D eigenvalue weighted by Gasteiger charge is -2.50. The number of rotatable bonds is 36. The summed E-state index contributed by atoms with van der Waals surface area (Å²) in [6, 6.07) is 3.39. The van der Waals surface area contributed by atoms with E-state index in [2.05, 4.69) is 0 Å². The summed E-state index contributed by atoms with van der Waals surface area (Å²) in [6.07, 6.45) is -1.85. The second-order valence-corrected chi connectivity index (χ2v) is 44.2. The summed E-state index contributed by atoms with van der Waals surface area (Å²) in [5.74, 6) is -8.56. The maximum absolute atomic E-state index is 15.3. The number of benzene rings is 1. The number of ether oxygens (including phenoxy) is 9. The topological polar surface area (TPSA) is 376 Å². The quantitative estimate of drug-likeness (QED) is 0.0261. The van der Waals surface area contributed by atoms with Gasteiger partial charge in [0, 0.05) is 144 Å². The molecule has 0 aromatic heterocycles. The lowest BCUT2D eigenvalue weighted by molar-refractivity contribution is -0.301. The second kappa shape index (κ2) is 39.1. The third-order valence-corrected chi connectivity index (χ3v) is 26.8. The van der Waals surface area contributed by atoms with Crippen LogP contribution >= 0.6 is 0 Å². The molecule has 0 saturated carbocycles. The number of hydroxylamine groups is 12. The Morgan fingerprint density at radius 3 is 0.512 bits per heavy atom. The molecule has 0 N–H and O–H groups in total. The van der Waals surface area contributed by atoms with Crippen LogP contribution in [-0.2, 0) is 103 Å². The highest BCUT2D eigenvalue weighted by Gasteiger charge is 2.60. The zero-order chi connectivity index (χ0) is 93.1. The van der Waals surface area contributed by atoms with Crippen LogP contribution in [0.15, 0.2) is 18.2 Å². The maximum Gasteiger partial charge on any atom is 0.338 e. The summed E-state index contributed by atoms with van der Waals surface area (Å²) in [4.78, 5) is 136. The van der Waals surface area contributed by atoms with Gasteiger partial charge in [0.05, 0.1) is 36.5 Å². The Balaban J connectivity index is 1.24. The molecule has 0 unspecified atom stereocenters. The number of esters is 9. The Morgan fingerprint density at radius 1 is 0.252 bits per heavy atom. The van der Waals surface area contributed by atoms with Crippen LogP contribution in [0.4, 0.5) is 0 Å². The van der Waals surface area contributed by atoms with E-state index in [0.717, 1.165) is 48.6 Å². The van der Waals surface area contributed by atoms with Gasteiger partial charge >= 0.3 is 53.7 Å². The van der Waals surface area contributed by atoms with Crippen molar-refractivity contribution in [3.8, 4) is 0 Å². The molecule has 7 rings (SSSR count). The van der Waals surface area contributed by atoms with Gasteiger partial charge in [0.25, 0.3) is 0 Å². The molecule has 6 aliphatic heterocycles. The van der Waals surface area contributed by atoms with Gasteiger partial charge in [-0.3, -0.25) is 28.8 Å². The van der Waals surface area contributed by atoms with Crippen molar-refractivity contribution in [3.05, 3.63) is 34.9 Å². The molecule has 0 amide bonds. The molecular formula is C93H150N6O24. The first-order valence-corrected chi connectivity index (χ1v) is 45.1. The van der Waals surface area contributed by atoms with E-state index in [1.807, 2.05) is 20.8 Å². The fourth-order valence-electron chi connectivity index (χ4n) is 21.2. The zero-order valence-corrected chi connectivity index (χ0v) is 79.4. The van der Waals surface area contributed by atoms with E-state index in [-0.39, 0.29) is 152 Å². The van der Waals surface area contributed by atoms with E-state index in [1.165, 1.54) is 0 Å².